The van der Waals surface area contributed by atoms with Crippen LogP contribution in [-0.4, -0.2) is 54.8 Å². The van der Waals surface area contributed by atoms with Gasteiger partial charge in [-0.1, -0.05) is 18.2 Å². The van der Waals surface area contributed by atoms with Gasteiger partial charge in [0.1, 0.15) is 18.5 Å². The van der Waals surface area contributed by atoms with E-state index in [-0.39, 0.29) is 12.5 Å². The Morgan fingerprint density at radius 1 is 1.45 bits per heavy atom. The van der Waals surface area contributed by atoms with E-state index in [2.05, 4.69) is 5.32 Å². The summed E-state index contributed by atoms with van der Waals surface area (Å²) in [6, 6.07) is 7.51. The van der Waals surface area contributed by atoms with Crippen molar-refractivity contribution in [1.82, 2.24) is 10.2 Å². The SMILES string of the molecule is NCc1ccccc1OCC(O)CN1CCNC(=O)C1. The van der Waals surface area contributed by atoms with Crippen molar-refractivity contribution in [3.8, 4) is 5.75 Å². The first-order chi connectivity index (χ1) is 9.69. The lowest BCUT2D eigenvalue weighted by atomic mass is 10.2. The summed E-state index contributed by atoms with van der Waals surface area (Å²) in [6.07, 6.45) is -0.633. The molecule has 110 valence electrons. The first kappa shape index (κ1) is 14.8. The topological polar surface area (TPSA) is 87.8 Å². The van der Waals surface area contributed by atoms with Crippen LogP contribution in [0.25, 0.3) is 0 Å². The fourth-order valence-electron chi connectivity index (χ4n) is 2.20. The van der Waals surface area contributed by atoms with E-state index in [0.717, 1.165) is 12.1 Å². The standard InChI is InChI=1S/C14H21N3O3/c15-7-11-3-1-2-4-13(11)20-10-12(18)8-17-6-5-16-14(19)9-17/h1-4,12,18H,5-10,15H2,(H,16,19). The average molecular weight is 279 g/mol. The highest BCUT2D eigenvalue weighted by atomic mass is 16.5. The smallest absolute Gasteiger partial charge is 0.234 e. The maximum atomic E-state index is 11.2. The lowest BCUT2D eigenvalue weighted by Crippen LogP contribution is -2.50. The van der Waals surface area contributed by atoms with Gasteiger partial charge in [-0.2, -0.15) is 0 Å². The van der Waals surface area contributed by atoms with Crippen LogP contribution in [0.1, 0.15) is 5.56 Å². The zero-order valence-corrected chi connectivity index (χ0v) is 11.4. The fourth-order valence-corrected chi connectivity index (χ4v) is 2.20. The summed E-state index contributed by atoms with van der Waals surface area (Å²) in [4.78, 5) is 13.2. The number of hydrogen-bond acceptors (Lipinski definition) is 5. The molecule has 2 rings (SSSR count). The van der Waals surface area contributed by atoms with E-state index < -0.39 is 6.10 Å². The van der Waals surface area contributed by atoms with Gasteiger partial charge < -0.3 is 20.9 Å². The van der Waals surface area contributed by atoms with Crippen molar-refractivity contribution < 1.29 is 14.6 Å². The summed E-state index contributed by atoms with van der Waals surface area (Å²) >= 11 is 0. The van der Waals surface area contributed by atoms with Gasteiger partial charge in [-0.15, -0.1) is 0 Å². The molecule has 1 aromatic carbocycles. The average Bonchev–Trinajstić information content (AvgIpc) is 2.45. The Hall–Kier alpha value is -1.63. The zero-order valence-electron chi connectivity index (χ0n) is 11.4. The number of ether oxygens (including phenoxy) is 1. The van der Waals surface area contributed by atoms with Gasteiger partial charge in [0, 0.05) is 31.7 Å². The number of benzene rings is 1. The van der Waals surface area contributed by atoms with E-state index in [9.17, 15) is 9.90 Å². The van der Waals surface area contributed by atoms with E-state index >= 15 is 0 Å². The molecule has 20 heavy (non-hydrogen) atoms. The van der Waals surface area contributed by atoms with Crippen LogP contribution in [0.4, 0.5) is 0 Å². The number of nitrogens with two attached hydrogens (primary N) is 1. The third-order valence-corrected chi connectivity index (χ3v) is 3.21. The quantitative estimate of drug-likeness (QED) is 0.642. The predicted molar refractivity (Wildman–Crippen MR) is 75.3 cm³/mol. The van der Waals surface area contributed by atoms with E-state index in [1.165, 1.54) is 0 Å². The van der Waals surface area contributed by atoms with Crippen molar-refractivity contribution >= 4 is 5.91 Å². The highest BCUT2D eigenvalue weighted by Gasteiger charge is 2.19. The van der Waals surface area contributed by atoms with Gasteiger partial charge in [-0.05, 0) is 6.07 Å². The molecular formula is C14H21N3O3. The maximum Gasteiger partial charge on any atom is 0.234 e. The molecular weight excluding hydrogens is 258 g/mol. The Bertz CT molecular complexity index is 453. The van der Waals surface area contributed by atoms with Crippen LogP contribution in [0.3, 0.4) is 0 Å². The highest BCUT2D eigenvalue weighted by Crippen LogP contribution is 2.17. The minimum Gasteiger partial charge on any atom is -0.491 e. The number of para-hydroxylation sites is 1. The molecule has 6 nitrogen and oxygen atoms in total. The number of amides is 1. The van der Waals surface area contributed by atoms with Crippen molar-refractivity contribution in [2.24, 2.45) is 5.73 Å². The van der Waals surface area contributed by atoms with Crippen LogP contribution in [-0.2, 0) is 11.3 Å². The van der Waals surface area contributed by atoms with Crippen molar-refractivity contribution in [3.63, 3.8) is 0 Å². The van der Waals surface area contributed by atoms with Crippen molar-refractivity contribution in [1.29, 1.82) is 0 Å². The predicted octanol–water partition coefficient (Wildman–Crippen LogP) is -0.683. The minimum atomic E-state index is -0.633. The summed E-state index contributed by atoms with van der Waals surface area (Å²) in [5, 5.41) is 12.7. The number of aliphatic hydroxyl groups excluding tert-OH is 1. The van der Waals surface area contributed by atoms with Crippen molar-refractivity contribution in [2.45, 2.75) is 12.6 Å². The number of rotatable bonds is 6. The second-order valence-corrected chi connectivity index (χ2v) is 4.86. The van der Waals surface area contributed by atoms with Gasteiger partial charge in [0.25, 0.3) is 0 Å². The Balaban J connectivity index is 1.79. The number of carbonyl (C=O) groups is 1. The third-order valence-electron chi connectivity index (χ3n) is 3.21. The molecule has 1 aliphatic heterocycles. The van der Waals surface area contributed by atoms with Crippen LogP contribution >= 0.6 is 0 Å². The van der Waals surface area contributed by atoms with Gasteiger partial charge in [-0.3, -0.25) is 9.69 Å². The summed E-state index contributed by atoms with van der Waals surface area (Å²) in [5.74, 6) is 0.697. The number of piperazine rings is 1. The van der Waals surface area contributed by atoms with Crippen LogP contribution in [0, 0.1) is 0 Å². The molecule has 1 aromatic rings. The first-order valence-electron chi connectivity index (χ1n) is 6.77. The van der Waals surface area contributed by atoms with E-state index in [1.54, 1.807) is 0 Å². The number of nitrogens with one attached hydrogen (secondary N) is 1. The molecule has 4 N–H and O–H groups in total. The van der Waals surface area contributed by atoms with E-state index in [4.69, 9.17) is 10.5 Å². The maximum absolute atomic E-state index is 11.2. The molecule has 1 atom stereocenters. The van der Waals surface area contributed by atoms with Crippen molar-refractivity contribution in [2.75, 3.05) is 32.8 Å². The summed E-state index contributed by atoms with van der Waals surface area (Å²) in [5.41, 5.74) is 6.54. The molecule has 0 aliphatic carbocycles. The lowest BCUT2D eigenvalue weighted by molar-refractivity contribution is -0.124. The number of aliphatic hydroxyl groups is 1. The Kier molecular flexibility index (Phi) is 5.34. The summed E-state index contributed by atoms with van der Waals surface area (Å²) < 4.78 is 5.60. The van der Waals surface area contributed by atoms with Gasteiger partial charge in [-0.25, -0.2) is 0 Å². The molecule has 0 bridgehead atoms. The third kappa shape index (κ3) is 4.19. The minimum absolute atomic E-state index is 0.00199. The Labute approximate surface area is 118 Å². The molecule has 1 fully saturated rings. The fraction of sp³-hybridized carbons (Fsp3) is 0.500. The Morgan fingerprint density at radius 2 is 2.25 bits per heavy atom. The van der Waals surface area contributed by atoms with Crippen LogP contribution < -0.4 is 15.8 Å². The molecule has 0 spiro atoms. The van der Waals surface area contributed by atoms with Gasteiger partial charge in [0.2, 0.25) is 5.91 Å². The molecule has 0 aromatic heterocycles. The van der Waals surface area contributed by atoms with Crippen LogP contribution in [0.15, 0.2) is 24.3 Å². The van der Waals surface area contributed by atoms with Crippen LogP contribution in [0.2, 0.25) is 0 Å². The number of β-amino-alcohol motifs (C(OH)–C–C–N with tert-alkyl or cyclic N) is 1. The number of nitrogens with zero attached hydrogens (tertiary/aromatic N) is 1. The summed E-state index contributed by atoms with van der Waals surface area (Å²) in [6.45, 7) is 2.73. The molecule has 0 radical (unpaired) electrons. The summed E-state index contributed by atoms with van der Waals surface area (Å²) in [7, 11) is 0. The van der Waals surface area contributed by atoms with Crippen LogP contribution in [0.5, 0.6) is 5.75 Å². The molecule has 1 saturated heterocycles. The molecule has 6 heteroatoms. The van der Waals surface area contributed by atoms with Gasteiger partial charge in [0.05, 0.1) is 6.54 Å². The molecule has 1 amide bonds. The van der Waals surface area contributed by atoms with E-state index in [1.807, 2.05) is 29.2 Å². The monoisotopic (exact) mass is 279 g/mol. The first-order valence-corrected chi connectivity index (χ1v) is 6.77. The molecule has 1 aliphatic rings. The Morgan fingerprint density at radius 3 is 3.00 bits per heavy atom. The molecule has 1 heterocycles. The second-order valence-electron chi connectivity index (χ2n) is 4.86. The van der Waals surface area contributed by atoms with Gasteiger partial charge in [0.15, 0.2) is 0 Å². The number of hydrogen-bond donors (Lipinski definition) is 3. The zero-order chi connectivity index (χ0) is 14.4. The normalized spacial score (nSPS) is 17.6. The molecule has 1 unspecified atom stereocenters. The lowest BCUT2D eigenvalue weighted by Gasteiger charge is -2.28. The molecule has 0 saturated carbocycles. The van der Waals surface area contributed by atoms with Gasteiger partial charge >= 0.3 is 0 Å². The second kappa shape index (κ2) is 7.23. The number of carbonyl (C=O) groups excluding carboxylic acids is 1. The highest BCUT2D eigenvalue weighted by molar-refractivity contribution is 5.78. The largest absolute Gasteiger partial charge is 0.491 e. The van der Waals surface area contributed by atoms with Crippen molar-refractivity contribution in [3.05, 3.63) is 29.8 Å². The van der Waals surface area contributed by atoms with E-state index in [0.29, 0.717) is 31.9 Å².